The minimum atomic E-state index is -0.670. The van der Waals surface area contributed by atoms with Crippen molar-refractivity contribution in [2.75, 3.05) is 0 Å². The van der Waals surface area contributed by atoms with Gasteiger partial charge in [-0.15, -0.1) is 0 Å². The molecular weight excluding hydrogens is 1730 g/mol. The molecule has 138 heavy (non-hydrogen) atoms. The number of carboxylic acids is 5. The molecule has 0 heterocycles. The standard InChI is InChI=1S/C26H40O2.C25H38O2.2C23H34O5.C23H34O4/c1-19-18-22(10-7-9-12-25(4)14-15-25)23(21(3)20(19)2)11-6-5-8-13-26(16-17-26)24(27)28;1-19-11-12-20(2)22(10-6-8-13-24(3)15-16-24)21(19)9-5-4-7-14-25(17-18-25)23(26)27;1-22(11-12-22)9-6-4-7-16-15-18(24)20(26)19(25)17(16)8-3-2-5-10-23(13-14-23)21(27)28;1-22(11-12-22)9-6-4-8-17-16(15-18(24)20(26)19(17)25)7-3-2-5-10-23(13-14-23)21(27)28;1-22(13-14-22)11-6-4-8-18-17(19(24)9-10-20(18)25)7-3-2-5-12-23(15-16-23)21(26)27/h18H,5-17H2,1-4H3,(H,27,28);11-12H,4-10,13-18H2,1-3H3,(H,26,27);2*15,24-26H,2-14H2,1H3,(H,27,28);9-10,24-25H,2-8,11-16H2,1H3,(H,26,27). The predicted octanol–water partition coefficient (Wildman–Crippen LogP) is 30.0. The van der Waals surface area contributed by atoms with E-state index < -0.39 is 57.6 Å². The fourth-order valence-electron chi connectivity index (χ4n) is 22.1. The lowest BCUT2D eigenvalue weighted by Crippen LogP contribution is -2.14. The third-order valence-corrected chi connectivity index (χ3v) is 35.9. The summed E-state index contributed by atoms with van der Waals surface area (Å²) in [5.74, 6) is -4.33. The molecule has 0 atom stereocenters. The molecule has 768 valence electrons. The normalized spacial score (nSPS) is 18.9. The number of aromatic hydroxyl groups is 8. The van der Waals surface area contributed by atoms with Gasteiger partial charge in [0.05, 0.1) is 27.1 Å². The van der Waals surface area contributed by atoms with E-state index in [1.807, 2.05) is 0 Å². The predicted molar refractivity (Wildman–Crippen MR) is 551 cm³/mol. The van der Waals surface area contributed by atoms with E-state index in [0.29, 0.717) is 52.1 Å². The SMILES string of the molecule is CC1(CCCCc2c(CCCCCC3(C(=O)O)CC3)cc(O)c(O)c2O)CC1.CC1(CCCCc2c(O)ccc(O)c2CCCCCC2(C(=O)O)CC2)CC1.CC1(CCCCc2cc(O)c(O)c(O)c2CCCCCC2(C(=O)O)CC2)CC1.Cc1cc(CCCCC2(C)CC2)c(CCCCCC2(C(=O)O)CC2)c(C)c1C.Cc1ccc(C)c(CCCCC2(C)CC2)c1CCCCCC1(C(=O)O)CC1. The van der Waals surface area contributed by atoms with Crippen molar-refractivity contribution in [1.29, 1.82) is 0 Å². The first-order chi connectivity index (χ1) is 65.5. The van der Waals surface area contributed by atoms with Gasteiger partial charge in [0.2, 0.25) is 11.5 Å². The zero-order valence-corrected chi connectivity index (χ0v) is 86.9. The summed E-state index contributed by atoms with van der Waals surface area (Å²) < 4.78 is 0. The van der Waals surface area contributed by atoms with Gasteiger partial charge in [-0.25, -0.2) is 0 Å². The summed E-state index contributed by atoms with van der Waals surface area (Å²) in [6.45, 7) is 23.2. The van der Waals surface area contributed by atoms with Crippen molar-refractivity contribution in [3.8, 4) is 46.0 Å². The summed E-state index contributed by atoms with van der Waals surface area (Å²) in [6, 6.07) is 13.4. The number of unbranched alkanes of at least 4 members (excludes halogenated alkanes) is 15. The Hall–Kier alpha value is -8.15. The smallest absolute Gasteiger partial charge is 0.309 e. The molecule has 0 saturated heterocycles. The molecule has 0 unspecified atom stereocenters. The van der Waals surface area contributed by atoms with Crippen LogP contribution in [0.15, 0.2) is 42.5 Å². The van der Waals surface area contributed by atoms with Crippen LogP contribution in [0.3, 0.4) is 0 Å². The van der Waals surface area contributed by atoms with Crippen molar-refractivity contribution in [2.24, 2.45) is 54.1 Å². The number of aliphatic carboxylic acids is 5. The summed E-state index contributed by atoms with van der Waals surface area (Å²) in [5.41, 5.74) is 19.6. The number of aryl methyl sites for hydroxylation is 6. The van der Waals surface area contributed by atoms with Crippen LogP contribution in [0.4, 0.5) is 0 Å². The van der Waals surface area contributed by atoms with Gasteiger partial charge in [-0.2, -0.15) is 0 Å². The highest BCUT2D eigenvalue weighted by atomic mass is 16.4. The fourth-order valence-corrected chi connectivity index (χ4v) is 22.1. The largest absolute Gasteiger partial charge is 0.508 e. The molecule has 0 spiro atoms. The number of rotatable bonds is 60. The van der Waals surface area contributed by atoms with E-state index in [1.54, 1.807) is 46.5 Å². The van der Waals surface area contributed by atoms with Crippen LogP contribution in [-0.2, 0) is 88.2 Å². The summed E-state index contributed by atoms with van der Waals surface area (Å²) in [5, 5.41) is 127. The fraction of sp³-hybridized carbons (Fsp3) is 0.708. The maximum atomic E-state index is 11.3. The van der Waals surface area contributed by atoms with Crippen LogP contribution >= 0.6 is 0 Å². The lowest BCUT2D eigenvalue weighted by Gasteiger charge is -2.18. The second kappa shape index (κ2) is 48.8. The topological polar surface area (TPSA) is 348 Å². The number of hydrogen-bond acceptors (Lipinski definition) is 13. The van der Waals surface area contributed by atoms with Gasteiger partial charge in [0.1, 0.15) is 11.5 Å². The van der Waals surface area contributed by atoms with Gasteiger partial charge in [-0.05, 0) is 468 Å². The van der Waals surface area contributed by atoms with E-state index in [0.717, 1.165) is 277 Å². The van der Waals surface area contributed by atoms with Crippen molar-refractivity contribution < 1.29 is 90.4 Å². The van der Waals surface area contributed by atoms with Gasteiger partial charge >= 0.3 is 29.8 Å². The Morgan fingerprint density at radius 3 is 0.667 bits per heavy atom. The average Bonchev–Trinajstić information content (AvgIpc) is 1.64. The Labute approximate surface area is 828 Å². The third-order valence-electron chi connectivity index (χ3n) is 35.9. The summed E-state index contributed by atoms with van der Waals surface area (Å²) >= 11 is 0. The minimum Gasteiger partial charge on any atom is -0.508 e. The molecule has 0 aromatic heterocycles. The lowest BCUT2D eigenvalue weighted by atomic mass is 9.87. The van der Waals surface area contributed by atoms with Gasteiger partial charge < -0.3 is 66.4 Å². The van der Waals surface area contributed by atoms with E-state index >= 15 is 0 Å². The quantitative estimate of drug-likeness (QED) is 0.00977. The number of phenols is 8. The summed E-state index contributed by atoms with van der Waals surface area (Å²) in [6.07, 6.45) is 68.3. The molecule has 15 rings (SSSR count). The number of carbonyl (C=O) groups is 5. The molecule has 10 saturated carbocycles. The zero-order valence-electron chi connectivity index (χ0n) is 86.9. The molecule has 10 fully saturated rings. The summed E-state index contributed by atoms with van der Waals surface area (Å²) in [7, 11) is 0. The number of hydrogen-bond donors (Lipinski definition) is 13. The highest BCUT2D eigenvalue weighted by Gasteiger charge is 2.53. The first-order valence-corrected chi connectivity index (χ1v) is 54.9. The maximum absolute atomic E-state index is 11.3. The van der Waals surface area contributed by atoms with Crippen LogP contribution in [0.25, 0.3) is 0 Å². The van der Waals surface area contributed by atoms with Crippen LogP contribution in [0, 0.1) is 88.8 Å². The third kappa shape index (κ3) is 32.7. The van der Waals surface area contributed by atoms with Crippen LogP contribution in [0.5, 0.6) is 46.0 Å². The van der Waals surface area contributed by atoms with E-state index in [9.17, 15) is 90.4 Å². The molecule has 13 N–H and O–H groups in total. The van der Waals surface area contributed by atoms with E-state index in [1.165, 1.54) is 182 Å². The van der Waals surface area contributed by atoms with Gasteiger partial charge in [0, 0.05) is 22.3 Å². The minimum absolute atomic E-state index is 0.185. The van der Waals surface area contributed by atoms with Crippen molar-refractivity contribution in [2.45, 2.75) is 487 Å². The zero-order chi connectivity index (χ0) is 100. The number of benzene rings is 5. The molecule has 18 nitrogen and oxygen atoms in total. The first kappa shape index (κ1) is 110. The summed E-state index contributed by atoms with van der Waals surface area (Å²) in [4.78, 5) is 56.3. The van der Waals surface area contributed by atoms with Gasteiger partial charge in [-0.3, -0.25) is 24.0 Å². The highest BCUT2D eigenvalue weighted by molar-refractivity contribution is 5.79. The van der Waals surface area contributed by atoms with Gasteiger partial charge in [0.25, 0.3) is 0 Å². The van der Waals surface area contributed by atoms with Crippen molar-refractivity contribution in [1.82, 2.24) is 0 Å². The van der Waals surface area contributed by atoms with Crippen LogP contribution in [-0.4, -0.2) is 96.2 Å². The molecule has 10 aliphatic rings. The Morgan fingerprint density at radius 2 is 0.420 bits per heavy atom. The number of carboxylic acid groups (broad SMARTS) is 5. The van der Waals surface area contributed by atoms with E-state index in [4.69, 9.17) is 0 Å². The molecule has 5 aromatic carbocycles. The monoisotopic (exact) mass is 1910 g/mol. The van der Waals surface area contributed by atoms with E-state index in [-0.39, 0.29) is 39.6 Å². The van der Waals surface area contributed by atoms with Crippen LogP contribution < -0.4 is 0 Å². The molecular formula is C120H180O18. The molecule has 10 aliphatic carbocycles. The second-order valence-corrected chi connectivity index (χ2v) is 48.1. The molecule has 5 aromatic rings. The van der Waals surface area contributed by atoms with Crippen molar-refractivity contribution in [3.63, 3.8) is 0 Å². The Kier molecular flexibility index (Phi) is 38.9. The Morgan fingerprint density at radius 1 is 0.210 bits per heavy atom. The molecule has 0 aliphatic heterocycles. The maximum Gasteiger partial charge on any atom is 0.309 e. The van der Waals surface area contributed by atoms with Crippen LogP contribution in [0.1, 0.15) is 471 Å². The lowest BCUT2D eigenvalue weighted by molar-refractivity contribution is -0.144. The Bertz CT molecular complexity index is 4640. The van der Waals surface area contributed by atoms with Crippen molar-refractivity contribution >= 4 is 29.8 Å². The van der Waals surface area contributed by atoms with E-state index in [2.05, 4.69) is 87.4 Å². The molecule has 18 heteroatoms. The molecule has 0 radical (unpaired) electrons. The Balaban J connectivity index is 0.000000165. The molecule has 0 amide bonds. The van der Waals surface area contributed by atoms with Crippen molar-refractivity contribution in [3.05, 3.63) is 126 Å². The average molecular weight is 1910 g/mol. The van der Waals surface area contributed by atoms with Crippen LogP contribution in [0.2, 0.25) is 0 Å². The molecule has 0 bridgehead atoms. The highest BCUT2D eigenvalue weighted by Crippen LogP contribution is 2.58. The first-order valence-electron chi connectivity index (χ1n) is 54.9. The van der Waals surface area contributed by atoms with Gasteiger partial charge in [0.15, 0.2) is 23.0 Å². The second-order valence-electron chi connectivity index (χ2n) is 48.1. The van der Waals surface area contributed by atoms with Gasteiger partial charge in [-0.1, -0.05) is 149 Å². The number of phenolic OH excluding ortho intramolecular Hbond substituents is 8.